The first kappa shape index (κ1) is 20.6. The van der Waals surface area contributed by atoms with Gasteiger partial charge in [0.05, 0.1) is 5.02 Å². The highest BCUT2D eigenvalue weighted by Crippen LogP contribution is 2.27. The molecule has 2 saturated heterocycles. The molecular weight excluding hydrogens is 386 g/mol. The van der Waals surface area contributed by atoms with Crippen LogP contribution in [0.25, 0.3) is 0 Å². The van der Waals surface area contributed by atoms with Gasteiger partial charge in [-0.1, -0.05) is 24.4 Å². The van der Waals surface area contributed by atoms with Crippen LogP contribution in [0.1, 0.15) is 48.9 Å². The molecule has 0 unspecified atom stereocenters. The van der Waals surface area contributed by atoms with Gasteiger partial charge in [0, 0.05) is 24.7 Å². The van der Waals surface area contributed by atoms with Crippen molar-refractivity contribution < 1.29 is 13.2 Å². The van der Waals surface area contributed by atoms with E-state index in [9.17, 15) is 13.2 Å². The van der Waals surface area contributed by atoms with E-state index in [1.165, 1.54) is 16.4 Å². The van der Waals surface area contributed by atoms with E-state index in [1.807, 2.05) is 0 Å². The summed E-state index contributed by atoms with van der Waals surface area (Å²) in [5, 5.41) is 3.19. The van der Waals surface area contributed by atoms with E-state index < -0.39 is 10.0 Å². The summed E-state index contributed by atoms with van der Waals surface area (Å²) in [6.07, 6.45) is 5.58. The van der Waals surface area contributed by atoms with E-state index in [0.29, 0.717) is 18.7 Å². The summed E-state index contributed by atoms with van der Waals surface area (Å²) in [5.74, 6) is -0.242. The maximum absolute atomic E-state index is 13.1. The second-order valence-electron chi connectivity index (χ2n) is 7.51. The Hall–Kier alpha value is -1.15. The minimum atomic E-state index is -3.70. The van der Waals surface area contributed by atoms with Crippen LogP contribution >= 0.6 is 11.6 Å². The average molecular weight is 414 g/mol. The number of hydrogen-bond donors (Lipinski definition) is 1. The molecule has 2 aliphatic heterocycles. The van der Waals surface area contributed by atoms with Crippen LogP contribution in [-0.4, -0.2) is 62.8 Å². The third-order valence-electron chi connectivity index (χ3n) is 5.43. The number of likely N-dealkylation sites (tertiary alicyclic amines) is 1. The molecule has 1 amide bonds. The number of carbonyl (C=O) groups excluding carboxylic acids is 1. The average Bonchev–Trinajstić information content (AvgIpc) is 2.94. The number of sulfonamides is 1. The fraction of sp³-hybridized carbons (Fsp3) is 0.632. The molecular formula is C19H28ClN3O3S. The first-order chi connectivity index (χ1) is 12.9. The predicted octanol–water partition coefficient (Wildman–Crippen LogP) is 2.73. The van der Waals surface area contributed by atoms with Gasteiger partial charge >= 0.3 is 0 Å². The fourth-order valence-electron chi connectivity index (χ4n) is 3.69. The van der Waals surface area contributed by atoms with Crippen LogP contribution in [0.2, 0.25) is 5.02 Å². The van der Waals surface area contributed by atoms with Gasteiger partial charge < -0.3 is 10.2 Å². The van der Waals surface area contributed by atoms with Crippen molar-refractivity contribution in [2.45, 2.75) is 49.5 Å². The van der Waals surface area contributed by atoms with Crippen LogP contribution in [0.4, 0.5) is 0 Å². The highest BCUT2D eigenvalue weighted by Gasteiger charge is 2.28. The van der Waals surface area contributed by atoms with Crippen molar-refractivity contribution in [3.05, 3.63) is 28.8 Å². The Balaban J connectivity index is 1.78. The second kappa shape index (κ2) is 8.90. The lowest BCUT2D eigenvalue weighted by Crippen LogP contribution is -2.43. The Morgan fingerprint density at radius 1 is 1.07 bits per heavy atom. The molecule has 0 aromatic heterocycles. The van der Waals surface area contributed by atoms with E-state index in [4.69, 9.17) is 11.6 Å². The second-order valence-corrected chi connectivity index (χ2v) is 9.83. The molecule has 0 bridgehead atoms. The van der Waals surface area contributed by atoms with Gasteiger partial charge in [-0.25, -0.2) is 8.42 Å². The van der Waals surface area contributed by atoms with E-state index >= 15 is 0 Å². The first-order valence-corrected chi connectivity index (χ1v) is 11.5. The molecule has 2 aliphatic rings. The third-order valence-corrected chi connectivity index (χ3v) is 7.81. The number of carbonyl (C=O) groups is 1. The van der Waals surface area contributed by atoms with Crippen LogP contribution in [0.5, 0.6) is 0 Å². The highest BCUT2D eigenvalue weighted by molar-refractivity contribution is 7.89. The molecule has 0 aliphatic carbocycles. The predicted molar refractivity (Wildman–Crippen MR) is 107 cm³/mol. The van der Waals surface area contributed by atoms with Crippen molar-refractivity contribution in [1.29, 1.82) is 0 Å². The molecule has 1 N–H and O–H groups in total. The Morgan fingerprint density at radius 3 is 2.33 bits per heavy atom. The van der Waals surface area contributed by atoms with Gasteiger partial charge in [-0.05, 0) is 64.0 Å². The maximum atomic E-state index is 13.1. The standard InChI is InChI=1S/C19H28ClN3O3S/c1-22-12-8-16(9-13-22)21-19(24)15-6-7-17(20)18(14-15)27(25,26)23-10-4-2-3-5-11-23/h6-7,14,16H,2-5,8-13H2,1H3,(H,21,24). The molecule has 2 heterocycles. The Bertz CT molecular complexity index is 768. The Morgan fingerprint density at radius 2 is 1.70 bits per heavy atom. The zero-order chi connectivity index (χ0) is 19.4. The number of rotatable bonds is 4. The van der Waals surface area contributed by atoms with Crippen LogP contribution in [0, 0.1) is 0 Å². The van der Waals surface area contributed by atoms with Crippen molar-refractivity contribution in [2.75, 3.05) is 33.2 Å². The summed E-state index contributed by atoms with van der Waals surface area (Å²) in [6, 6.07) is 4.64. The lowest BCUT2D eigenvalue weighted by molar-refractivity contribution is 0.0916. The van der Waals surface area contributed by atoms with Crippen molar-refractivity contribution in [1.82, 2.24) is 14.5 Å². The van der Waals surface area contributed by atoms with E-state index in [-0.39, 0.29) is 21.9 Å². The molecule has 6 nitrogen and oxygen atoms in total. The van der Waals surface area contributed by atoms with Crippen LogP contribution in [0.15, 0.2) is 23.1 Å². The number of hydrogen-bond acceptors (Lipinski definition) is 4. The molecule has 150 valence electrons. The van der Waals surface area contributed by atoms with Crippen LogP contribution in [0.3, 0.4) is 0 Å². The number of piperidine rings is 1. The van der Waals surface area contributed by atoms with E-state index in [0.717, 1.165) is 51.6 Å². The number of nitrogens with one attached hydrogen (secondary N) is 1. The van der Waals surface area contributed by atoms with Crippen LogP contribution in [-0.2, 0) is 10.0 Å². The molecule has 8 heteroatoms. The molecule has 27 heavy (non-hydrogen) atoms. The van der Waals surface area contributed by atoms with E-state index in [1.54, 1.807) is 6.07 Å². The third kappa shape index (κ3) is 5.02. The molecule has 1 aromatic rings. The van der Waals surface area contributed by atoms with Gasteiger partial charge in [0.25, 0.3) is 5.91 Å². The lowest BCUT2D eigenvalue weighted by Gasteiger charge is -2.29. The zero-order valence-corrected chi connectivity index (χ0v) is 17.4. The van der Waals surface area contributed by atoms with Gasteiger partial charge in [-0.2, -0.15) is 4.31 Å². The van der Waals surface area contributed by atoms with Crippen molar-refractivity contribution in [2.24, 2.45) is 0 Å². The number of amides is 1. The topological polar surface area (TPSA) is 69.7 Å². The Kier molecular flexibility index (Phi) is 6.78. The number of halogens is 1. The van der Waals surface area contributed by atoms with Crippen molar-refractivity contribution >= 4 is 27.5 Å². The van der Waals surface area contributed by atoms with Gasteiger partial charge in [-0.15, -0.1) is 0 Å². The van der Waals surface area contributed by atoms with Gasteiger partial charge in [0.15, 0.2) is 0 Å². The van der Waals surface area contributed by atoms with Gasteiger partial charge in [-0.3, -0.25) is 4.79 Å². The van der Waals surface area contributed by atoms with Gasteiger partial charge in [0.2, 0.25) is 10.0 Å². The molecule has 0 spiro atoms. The minimum absolute atomic E-state index is 0.0297. The SMILES string of the molecule is CN1CCC(NC(=O)c2ccc(Cl)c(S(=O)(=O)N3CCCCCC3)c2)CC1. The van der Waals surface area contributed by atoms with Crippen LogP contribution < -0.4 is 5.32 Å². The highest BCUT2D eigenvalue weighted by atomic mass is 35.5. The largest absolute Gasteiger partial charge is 0.349 e. The summed E-state index contributed by atoms with van der Waals surface area (Å²) in [7, 11) is -1.63. The van der Waals surface area contributed by atoms with Gasteiger partial charge in [0.1, 0.15) is 4.90 Å². The number of benzene rings is 1. The molecule has 1 aromatic carbocycles. The molecule has 2 fully saturated rings. The molecule has 0 atom stereocenters. The van der Waals surface area contributed by atoms with Crippen molar-refractivity contribution in [3.63, 3.8) is 0 Å². The number of nitrogens with zero attached hydrogens (tertiary/aromatic N) is 2. The lowest BCUT2D eigenvalue weighted by atomic mass is 10.0. The monoisotopic (exact) mass is 413 g/mol. The molecule has 3 rings (SSSR count). The summed E-state index contributed by atoms with van der Waals surface area (Å²) in [5.41, 5.74) is 0.340. The summed E-state index contributed by atoms with van der Waals surface area (Å²) in [4.78, 5) is 14.9. The normalized spacial score (nSPS) is 21.0. The smallest absolute Gasteiger partial charge is 0.251 e. The minimum Gasteiger partial charge on any atom is -0.349 e. The molecule has 0 radical (unpaired) electrons. The quantitative estimate of drug-likeness (QED) is 0.823. The summed E-state index contributed by atoms with van der Waals surface area (Å²) >= 11 is 6.21. The fourth-order valence-corrected chi connectivity index (χ4v) is 5.70. The molecule has 0 saturated carbocycles. The van der Waals surface area contributed by atoms with E-state index in [2.05, 4.69) is 17.3 Å². The van der Waals surface area contributed by atoms with Crippen molar-refractivity contribution in [3.8, 4) is 0 Å². The Labute approximate surface area is 166 Å². The summed E-state index contributed by atoms with van der Waals surface area (Å²) in [6.45, 7) is 2.90. The first-order valence-electron chi connectivity index (χ1n) is 9.67. The maximum Gasteiger partial charge on any atom is 0.251 e. The zero-order valence-electron chi connectivity index (χ0n) is 15.8. The summed E-state index contributed by atoms with van der Waals surface area (Å²) < 4.78 is 27.6.